The molecule has 1 N–H and O–H groups in total. The fourth-order valence-corrected chi connectivity index (χ4v) is 3.89. The third kappa shape index (κ3) is 3.35. The molecule has 2 aromatic rings. The molecular formula is C19H24N4O. The molecule has 1 amide bonds. The van der Waals surface area contributed by atoms with Crippen LogP contribution in [0.2, 0.25) is 0 Å². The zero-order chi connectivity index (χ0) is 16.4. The van der Waals surface area contributed by atoms with Gasteiger partial charge in [-0.1, -0.05) is 18.9 Å². The first kappa shape index (κ1) is 15.4. The number of aryl methyl sites for hydroxylation is 2. The van der Waals surface area contributed by atoms with Crippen molar-refractivity contribution in [3.63, 3.8) is 0 Å². The van der Waals surface area contributed by atoms with Gasteiger partial charge in [0.2, 0.25) is 5.91 Å². The third-order valence-electron chi connectivity index (χ3n) is 5.18. The summed E-state index contributed by atoms with van der Waals surface area (Å²) in [6, 6.07) is 4.03. The molecule has 5 heteroatoms. The molecule has 0 aromatic carbocycles. The molecule has 4 rings (SSSR count). The van der Waals surface area contributed by atoms with Gasteiger partial charge in [0.05, 0.1) is 12.1 Å². The fraction of sp³-hybridized carbons (Fsp3) is 0.526. The summed E-state index contributed by atoms with van der Waals surface area (Å²) in [5.74, 6) is 2.35. The number of imidazole rings is 1. The number of nitrogens with zero attached hydrogens (tertiary/aromatic N) is 3. The number of hydrogen-bond donors (Lipinski definition) is 1. The first-order chi connectivity index (χ1) is 11.8. The van der Waals surface area contributed by atoms with Crippen LogP contribution in [0.15, 0.2) is 24.5 Å². The Morgan fingerprint density at radius 3 is 2.83 bits per heavy atom. The number of aromatic nitrogens is 3. The fourth-order valence-electron chi connectivity index (χ4n) is 3.89. The maximum atomic E-state index is 12.2. The van der Waals surface area contributed by atoms with E-state index in [0.29, 0.717) is 18.2 Å². The zero-order valence-electron chi connectivity index (χ0n) is 14.0. The van der Waals surface area contributed by atoms with Gasteiger partial charge in [-0.15, -0.1) is 0 Å². The molecule has 0 unspecified atom stereocenters. The Hall–Kier alpha value is -2.17. The van der Waals surface area contributed by atoms with E-state index in [1.807, 2.05) is 18.5 Å². The maximum Gasteiger partial charge on any atom is 0.231 e. The van der Waals surface area contributed by atoms with Gasteiger partial charge in [-0.2, -0.15) is 0 Å². The first-order valence-corrected chi connectivity index (χ1v) is 9.09. The predicted molar refractivity (Wildman–Crippen MR) is 92.9 cm³/mol. The van der Waals surface area contributed by atoms with Crippen LogP contribution in [-0.2, 0) is 24.2 Å². The van der Waals surface area contributed by atoms with E-state index in [9.17, 15) is 4.79 Å². The Morgan fingerprint density at radius 1 is 1.21 bits per heavy atom. The lowest BCUT2D eigenvalue weighted by molar-refractivity contribution is -0.115. The van der Waals surface area contributed by atoms with Crippen molar-refractivity contribution < 1.29 is 4.79 Å². The standard InChI is InChI=1S/C19H24N4O/c24-19(11-16-13-23-10-4-3-7-18(23)21-16)22-17-9-8-15(12-20-17)14-5-1-2-6-14/h8-9,12-14H,1-7,10-11H2,(H,20,22,24). The Kier molecular flexibility index (Phi) is 4.32. The van der Waals surface area contributed by atoms with Crippen LogP contribution in [-0.4, -0.2) is 20.4 Å². The lowest BCUT2D eigenvalue weighted by Gasteiger charge is -2.11. The molecule has 126 valence electrons. The second-order valence-corrected chi connectivity index (χ2v) is 6.98. The van der Waals surface area contributed by atoms with Crippen molar-refractivity contribution in [3.8, 4) is 0 Å². The minimum absolute atomic E-state index is 0.0495. The number of pyridine rings is 1. The summed E-state index contributed by atoms with van der Waals surface area (Å²) < 4.78 is 2.18. The van der Waals surface area contributed by atoms with Gasteiger partial charge in [0.15, 0.2) is 0 Å². The van der Waals surface area contributed by atoms with Gasteiger partial charge in [0.25, 0.3) is 0 Å². The Labute approximate surface area is 142 Å². The molecule has 2 aromatic heterocycles. The highest BCUT2D eigenvalue weighted by Gasteiger charge is 2.18. The summed E-state index contributed by atoms with van der Waals surface area (Å²) >= 11 is 0. The number of nitrogens with one attached hydrogen (secondary N) is 1. The van der Waals surface area contributed by atoms with E-state index in [4.69, 9.17) is 0 Å². The minimum Gasteiger partial charge on any atom is -0.335 e. The van der Waals surface area contributed by atoms with Crippen molar-refractivity contribution in [3.05, 3.63) is 41.6 Å². The van der Waals surface area contributed by atoms with Gasteiger partial charge in [0.1, 0.15) is 11.6 Å². The smallest absolute Gasteiger partial charge is 0.231 e. The second kappa shape index (κ2) is 6.75. The van der Waals surface area contributed by atoms with Gasteiger partial charge in [-0.25, -0.2) is 9.97 Å². The highest BCUT2D eigenvalue weighted by Crippen LogP contribution is 2.33. The average Bonchev–Trinajstić information content (AvgIpc) is 3.24. The highest BCUT2D eigenvalue weighted by atomic mass is 16.1. The van der Waals surface area contributed by atoms with E-state index in [2.05, 4.69) is 25.9 Å². The predicted octanol–water partition coefficient (Wildman–Crippen LogP) is 3.45. The van der Waals surface area contributed by atoms with Crippen molar-refractivity contribution in [1.29, 1.82) is 0 Å². The first-order valence-electron chi connectivity index (χ1n) is 9.09. The van der Waals surface area contributed by atoms with Crippen LogP contribution in [0.5, 0.6) is 0 Å². The van der Waals surface area contributed by atoms with Crippen LogP contribution < -0.4 is 5.32 Å². The van der Waals surface area contributed by atoms with Crippen molar-refractivity contribution in [2.75, 3.05) is 5.32 Å². The van der Waals surface area contributed by atoms with Crippen LogP contribution in [0, 0.1) is 0 Å². The topological polar surface area (TPSA) is 59.8 Å². The van der Waals surface area contributed by atoms with Crippen LogP contribution in [0.3, 0.4) is 0 Å². The number of amides is 1. The van der Waals surface area contributed by atoms with Crippen molar-refractivity contribution in [2.45, 2.75) is 63.8 Å². The van der Waals surface area contributed by atoms with Crippen molar-refractivity contribution in [2.24, 2.45) is 0 Å². The zero-order valence-corrected chi connectivity index (χ0v) is 14.0. The van der Waals surface area contributed by atoms with E-state index in [1.54, 1.807) is 0 Å². The number of rotatable bonds is 4. The van der Waals surface area contributed by atoms with E-state index >= 15 is 0 Å². The summed E-state index contributed by atoms with van der Waals surface area (Å²) in [5, 5.41) is 2.89. The lowest BCUT2D eigenvalue weighted by Crippen LogP contribution is -2.15. The number of carbonyl (C=O) groups is 1. The molecule has 0 bridgehead atoms. The molecular weight excluding hydrogens is 300 g/mol. The summed E-state index contributed by atoms with van der Waals surface area (Å²) in [5.41, 5.74) is 2.15. The van der Waals surface area contributed by atoms with Gasteiger partial charge in [-0.05, 0) is 43.2 Å². The monoisotopic (exact) mass is 324 g/mol. The SMILES string of the molecule is O=C(Cc1cn2c(n1)CCCC2)Nc1ccc(C2CCCC2)cn1. The summed E-state index contributed by atoms with van der Waals surface area (Å²) in [7, 11) is 0. The number of carbonyl (C=O) groups excluding carboxylic acids is 1. The average molecular weight is 324 g/mol. The lowest BCUT2D eigenvalue weighted by atomic mass is 10.00. The summed E-state index contributed by atoms with van der Waals surface area (Å²) in [4.78, 5) is 21.2. The molecule has 0 spiro atoms. The molecule has 0 saturated heterocycles. The quantitative estimate of drug-likeness (QED) is 0.937. The molecule has 2 aliphatic rings. The van der Waals surface area contributed by atoms with Crippen LogP contribution in [0.1, 0.15) is 61.5 Å². The normalized spacial score (nSPS) is 17.7. The number of anilines is 1. The maximum absolute atomic E-state index is 12.2. The van der Waals surface area contributed by atoms with Crippen molar-refractivity contribution in [1.82, 2.24) is 14.5 Å². The molecule has 24 heavy (non-hydrogen) atoms. The summed E-state index contributed by atoms with van der Waals surface area (Å²) in [6.07, 6.45) is 12.8. The Morgan fingerprint density at radius 2 is 2.08 bits per heavy atom. The van der Waals surface area contributed by atoms with Crippen LogP contribution >= 0.6 is 0 Å². The molecule has 1 aliphatic heterocycles. The van der Waals surface area contributed by atoms with Gasteiger partial charge >= 0.3 is 0 Å². The molecule has 5 nitrogen and oxygen atoms in total. The summed E-state index contributed by atoms with van der Waals surface area (Å²) in [6.45, 7) is 1.02. The van der Waals surface area contributed by atoms with Gasteiger partial charge < -0.3 is 9.88 Å². The van der Waals surface area contributed by atoms with E-state index in [1.165, 1.54) is 44.1 Å². The molecule has 1 fully saturated rings. The second-order valence-electron chi connectivity index (χ2n) is 6.98. The van der Waals surface area contributed by atoms with E-state index < -0.39 is 0 Å². The Bertz CT molecular complexity index is 690. The largest absolute Gasteiger partial charge is 0.335 e. The molecule has 1 saturated carbocycles. The van der Waals surface area contributed by atoms with E-state index in [0.717, 1.165) is 24.5 Å². The number of fused-ring (bicyclic) bond motifs is 1. The third-order valence-corrected chi connectivity index (χ3v) is 5.18. The van der Waals surface area contributed by atoms with Gasteiger partial charge in [0, 0.05) is 25.4 Å². The van der Waals surface area contributed by atoms with Gasteiger partial charge in [-0.3, -0.25) is 4.79 Å². The molecule has 1 aliphatic carbocycles. The molecule has 3 heterocycles. The van der Waals surface area contributed by atoms with Crippen molar-refractivity contribution >= 4 is 11.7 Å². The van der Waals surface area contributed by atoms with Crippen LogP contribution in [0.4, 0.5) is 5.82 Å². The van der Waals surface area contributed by atoms with E-state index in [-0.39, 0.29) is 5.91 Å². The van der Waals surface area contributed by atoms with Crippen LogP contribution in [0.25, 0.3) is 0 Å². The number of hydrogen-bond acceptors (Lipinski definition) is 3. The molecule has 0 atom stereocenters. The molecule has 0 radical (unpaired) electrons. The highest BCUT2D eigenvalue weighted by molar-refractivity contribution is 5.91. The Balaban J connectivity index is 1.36. The minimum atomic E-state index is -0.0495.